The van der Waals surface area contributed by atoms with Crippen molar-refractivity contribution >= 4 is 30.0 Å². The molecule has 4 unspecified atom stereocenters. The molecule has 0 aliphatic carbocycles. The van der Waals surface area contributed by atoms with Crippen molar-refractivity contribution in [1.82, 2.24) is 4.90 Å². The van der Waals surface area contributed by atoms with E-state index in [9.17, 15) is 30.0 Å². The molecule has 2 heterocycles. The van der Waals surface area contributed by atoms with E-state index in [1.165, 1.54) is 18.7 Å². The maximum absolute atomic E-state index is 12.4. The Morgan fingerprint density at radius 3 is 2.68 bits per heavy atom. The molecule has 10 heteroatoms. The molecule has 0 spiro atoms. The van der Waals surface area contributed by atoms with Crippen LogP contribution in [0.3, 0.4) is 0 Å². The molecule has 1 fully saturated rings. The minimum absolute atomic E-state index is 0.0838. The number of fused-ring (bicyclic) bond motifs is 1. The third-order valence-electron chi connectivity index (χ3n) is 4.75. The molecule has 0 aromatic heterocycles. The minimum atomic E-state index is -1.28. The number of aliphatic carboxylic acids is 1. The largest absolute Gasteiger partial charge is 0.477 e. The smallest absolute Gasteiger partial charge is 0.353 e. The molecule has 0 radical (unpaired) electrons. The monoisotopic (exact) mass is 373 g/mol. The number of carboxylic acids is 1. The normalized spacial score (nSPS) is 29.9. The Hall–Kier alpha value is -1.62. The zero-order valence-corrected chi connectivity index (χ0v) is 14.6. The van der Waals surface area contributed by atoms with E-state index < -0.39 is 42.0 Å². The number of aliphatic hydroxyl groups is 3. The van der Waals surface area contributed by atoms with E-state index in [4.69, 9.17) is 5.73 Å². The molecule has 140 valence electrons. The van der Waals surface area contributed by atoms with E-state index in [1.54, 1.807) is 0 Å². The van der Waals surface area contributed by atoms with E-state index in [0.29, 0.717) is 17.2 Å². The van der Waals surface area contributed by atoms with Crippen LogP contribution in [-0.2, 0) is 9.59 Å². The predicted octanol–water partition coefficient (Wildman–Crippen LogP) is -1.41. The van der Waals surface area contributed by atoms with Gasteiger partial charge in [0.2, 0.25) is 5.91 Å². The Labute approximate surface area is 149 Å². The quantitative estimate of drug-likeness (QED) is 0.143. The Morgan fingerprint density at radius 2 is 2.20 bits per heavy atom. The first-order chi connectivity index (χ1) is 11.9. The number of β-lactam (4-membered cyclic amide) rings is 1. The molecule has 2 aliphatic heterocycles. The van der Waals surface area contributed by atoms with Crippen LogP contribution < -0.4 is 5.73 Å². The van der Waals surface area contributed by atoms with Crippen LogP contribution in [0.25, 0.3) is 0 Å². The first-order valence-corrected chi connectivity index (χ1v) is 8.89. The molecule has 1 saturated heterocycles. The summed E-state index contributed by atoms with van der Waals surface area (Å²) in [5, 5.41) is 39.2. The van der Waals surface area contributed by atoms with Crippen LogP contribution in [0.2, 0.25) is 0 Å². The SMILES string of the molecule is CC(O)C1C(=O)N2C(C(=O)O)=C(SCCN=CN)C(CO)(CCO)C12. The molecular weight excluding hydrogens is 350 g/mol. The van der Waals surface area contributed by atoms with Gasteiger partial charge in [-0.2, -0.15) is 0 Å². The molecule has 0 aromatic carbocycles. The molecule has 0 saturated carbocycles. The van der Waals surface area contributed by atoms with Gasteiger partial charge in [0.25, 0.3) is 0 Å². The number of hydrogen-bond acceptors (Lipinski definition) is 7. The van der Waals surface area contributed by atoms with Crippen molar-refractivity contribution in [2.45, 2.75) is 25.5 Å². The van der Waals surface area contributed by atoms with Crippen LogP contribution in [0, 0.1) is 11.3 Å². The lowest BCUT2D eigenvalue weighted by molar-refractivity contribution is -0.169. The molecule has 6 N–H and O–H groups in total. The van der Waals surface area contributed by atoms with Gasteiger partial charge in [0.1, 0.15) is 5.70 Å². The van der Waals surface area contributed by atoms with Gasteiger partial charge in [0, 0.05) is 17.3 Å². The third-order valence-corrected chi connectivity index (χ3v) is 6.03. The van der Waals surface area contributed by atoms with E-state index in [-0.39, 0.29) is 18.7 Å². The number of thioether (sulfide) groups is 1. The van der Waals surface area contributed by atoms with E-state index in [2.05, 4.69) is 4.99 Å². The third kappa shape index (κ3) is 3.03. The molecule has 9 nitrogen and oxygen atoms in total. The predicted molar refractivity (Wildman–Crippen MR) is 91.7 cm³/mol. The van der Waals surface area contributed by atoms with E-state index >= 15 is 0 Å². The van der Waals surface area contributed by atoms with Gasteiger partial charge in [-0.05, 0) is 13.3 Å². The number of aliphatic imine (C=N–C) groups is 1. The number of aliphatic hydroxyl groups excluding tert-OH is 3. The number of carbonyl (C=O) groups is 2. The number of carbonyl (C=O) groups excluding carboxylic acids is 1. The highest BCUT2D eigenvalue weighted by molar-refractivity contribution is 8.03. The lowest BCUT2D eigenvalue weighted by atomic mass is 9.68. The lowest BCUT2D eigenvalue weighted by Gasteiger charge is -2.51. The van der Waals surface area contributed by atoms with Crippen LogP contribution in [-0.4, -0.2) is 81.2 Å². The number of hydrogen-bond donors (Lipinski definition) is 5. The van der Waals surface area contributed by atoms with Gasteiger partial charge in [-0.1, -0.05) is 0 Å². The van der Waals surface area contributed by atoms with Crippen molar-refractivity contribution < 1.29 is 30.0 Å². The number of nitrogens with zero attached hydrogens (tertiary/aromatic N) is 2. The van der Waals surface area contributed by atoms with E-state index in [0.717, 1.165) is 11.2 Å². The number of amides is 1. The highest BCUT2D eigenvalue weighted by Crippen LogP contribution is 2.58. The molecular formula is C15H23N3O6S. The van der Waals surface area contributed by atoms with Gasteiger partial charge in [-0.15, -0.1) is 11.8 Å². The maximum Gasteiger partial charge on any atom is 0.353 e. The number of rotatable bonds is 9. The Morgan fingerprint density at radius 1 is 1.52 bits per heavy atom. The average molecular weight is 373 g/mol. The van der Waals surface area contributed by atoms with Crippen molar-refractivity contribution in [2.75, 3.05) is 25.5 Å². The molecule has 4 atom stereocenters. The average Bonchev–Trinajstić information content (AvgIpc) is 2.79. The topological polar surface area (TPSA) is 157 Å². The summed E-state index contributed by atoms with van der Waals surface area (Å²) < 4.78 is 0. The zero-order chi connectivity index (χ0) is 18.8. The van der Waals surface area contributed by atoms with Gasteiger partial charge in [0.05, 0.1) is 43.0 Å². The number of nitrogens with two attached hydrogens (primary N) is 1. The summed E-state index contributed by atoms with van der Waals surface area (Å²) in [6, 6.07) is -0.691. The van der Waals surface area contributed by atoms with Gasteiger partial charge in [-0.25, -0.2) is 4.79 Å². The summed E-state index contributed by atoms with van der Waals surface area (Å²) in [4.78, 5) is 29.5. The van der Waals surface area contributed by atoms with E-state index in [1.807, 2.05) is 0 Å². The van der Waals surface area contributed by atoms with Crippen LogP contribution in [0.4, 0.5) is 0 Å². The summed E-state index contributed by atoms with van der Waals surface area (Å²) >= 11 is 1.18. The van der Waals surface area contributed by atoms with Gasteiger partial charge in [-0.3, -0.25) is 14.7 Å². The Balaban J connectivity index is 2.48. The standard InChI is InChI=1S/C15H23N3O6S/c1-8(21)9-11-15(6-20,2-4-19)12(25-5-3-17-7-16)10(14(23)24)18(11)13(9)22/h7-9,11,19-21H,2-6H2,1H3,(H2,16,17)(H,23,24). The second-order valence-corrected chi connectivity index (χ2v) is 7.20. The Kier molecular flexibility index (Phi) is 6.09. The summed E-state index contributed by atoms with van der Waals surface area (Å²) in [5.74, 6) is -2.17. The highest BCUT2D eigenvalue weighted by Gasteiger charge is 2.67. The maximum atomic E-state index is 12.4. The van der Waals surface area contributed by atoms with Gasteiger partial charge >= 0.3 is 5.97 Å². The number of carboxylic acid groups (broad SMARTS) is 1. The molecule has 0 aromatic rings. The molecule has 2 rings (SSSR count). The van der Waals surface area contributed by atoms with Crippen molar-refractivity contribution in [3.05, 3.63) is 10.6 Å². The lowest BCUT2D eigenvalue weighted by Crippen LogP contribution is -2.67. The van der Waals surface area contributed by atoms with Crippen LogP contribution in [0.5, 0.6) is 0 Å². The zero-order valence-electron chi connectivity index (χ0n) is 13.8. The second kappa shape index (κ2) is 7.73. The van der Waals surface area contributed by atoms with Gasteiger partial charge in [0.15, 0.2) is 0 Å². The molecule has 25 heavy (non-hydrogen) atoms. The summed E-state index contributed by atoms with van der Waals surface area (Å²) in [5.41, 5.74) is 3.89. The minimum Gasteiger partial charge on any atom is -0.477 e. The summed E-state index contributed by atoms with van der Waals surface area (Å²) in [6.07, 6.45) is 0.245. The van der Waals surface area contributed by atoms with Crippen LogP contribution in [0.15, 0.2) is 15.6 Å². The fourth-order valence-electron chi connectivity index (χ4n) is 3.69. The fraction of sp³-hybridized carbons (Fsp3) is 0.667. The first-order valence-electron chi connectivity index (χ1n) is 7.91. The molecule has 2 aliphatic rings. The van der Waals surface area contributed by atoms with Crippen molar-refractivity contribution in [3.8, 4) is 0 Å². The second-order valence-electron chi connectivity index (χ2n) is 6.09. The summed E-state index contributed by atoms with van der Waals surface area (Å²) in [7, 11) is 0. The van der Waals surface area contributed by atoms with Crippen molar-refractivity contribution in [2.24, 2.45) is 22.1 Å². The highest BCUT2D eigenvalue weighted by atomic mass is 32.2. The first kappa shape index (κ1) is 19.7. The summed E-state index contributed by atoms with van der Waals surface area (Å²) in [6.45, 7) is 1.08. The molecule has 0 bridgehead atoms. The van der Waals surface area contributed by atoms with Crippen LogP contribution >= 0.6 is 11.8 Å². The Bertz CT molecular complexity index is 608. The van der Waals surface area contributed by atoms with Crippen molar-refractivity contribution in [1.29, 1.82) is 0 Å². The van der Waals surface area contributed by atoms with Gasteiger partial charge < -0.3 is 26.2 Å². The van der Waals surface area contributed by atoms with Crippen LogP contribution in [0.1, 0.15) is 13.3 Å². The van der Waals surface area contributed by atoms with Crippen molar-refractivity contribution in [3.63, 3.8) is 0 Å². The fourth-order valence-corrected chi connectivity index (χ4v) is 4.99. The molecule has 1 amide bonds.